The molecule has 1 aliphatic carbocycles. The van der Waals surface area contributed by atoms with E-state index in [-0.39, 0.29) is 17.4 Å². The minimum absolute atomic E-state index is 0.00598. The molecular weight excluding hydrogens is 430 g/mol. The molecule has 7 heteroatoms. The highest BCUT2D eigenvalue weighted by Crippen LogP contribution is 2.33. The maximum atomic E-state index is 13.1. The molecule has 2 rings (SSSR count). The van der Waals surface area contributed by atoms with E-state index in [0.29, 0.717) is 36.6 Å². The molecule has 2 amide bonds. The number of rotatable bonds is 15. The molecule has 0 radical (unpaired) electrons. The van der Waals surface area contributed by atoms with Crippen LogP contribution in [0.15, 0.2) is 18.2 Å². The third kappa shape index (κ3) is 7.90. The average molecular weight is 476 g/mol. The second-order valence-electron chi connectivity index (χ2n) is 9.63. The molecule has 2 N–H and O–H groups in total. The highest BCUT2D eigenvalue weighted by atomic mass is 16.5. The zero-order valence-electron chi connectivity index (χ0n) is 21.9. The van der Waals surface area contributed by atoms with Crippen LogP contribution >= 0.6 is 0 Å². The van der Waals surface area contributed by atoms with E-state index in [1.165, 1.54) is 32.8 Å². The van der Waals surface area contributed by atoms with Crippen LogP contribution in [-0.4, -0.2) is 62.7 Å². The number of carbonyl (C=O) groups excluding carboxylic acids is 2. The van der Waals surface area contributed by atoms with E-state index >= 15 is 0 Å². The lowest BCUT2D eigenvalue weighted by Gasteiger charge is -2.37. The van der Waals surface area contributed by atoms with Crippen molar-refractivity contribution in [1.29, 1.82) is 0 Å². The van der Waals surface area contributed by atoms with Crippen LogP contribution in [0.2, 0.25) is 0 Å². The molecule has 1 atom stereocenters. The number of benzene rings is 1. The van der Waals surface area contributed by atoms with Gasteiger partial charge in [-0.2, -0.15) is 0 Å². The number of ether oxygens (including phenoxy) is 2. The molecule has 0 aromatic heterocycles. The van der Waals surface area contributed by atoms with Crippen molar-refractivity contribution in [3.05, 3.63) is 23.8 Å². The van der Waals surface area contributed by atoms with Crippen LogP contribution in [-0.2, 0) is 4.79 Å². The number of methoxy groups -OCH3 is 1. The second kappa shape index (κ2) is 14.2. The lowest BCUT2D eigenvalue weighted by atomic mass is 9.95. The molecule has 1 fully saturated rings. The van der Waals surface area contributed by atoms with Gasteiger partial charge in [-0.1, -0.05) is 52.4 Å². The van der Waals surface area contributed by atoms with Gasteiger partial charge in [-0.15, -0.1) is 0 Å². The van der Waals surface area contributed by atoms with Crippen LogP contribution in [0.5, 0.6) is 11.5 Å². The van der Waals surface area contributed by atoms with E-state index in [0.717, 1.165) is 32.1 Å². The molecule has 1 aliphatic rings. The Morgan fingerprint density at radius 3 is 2.44 bits per heavy atom. The molecule has 7 nitrogen and oxygen atoms in total. The van der Waals surface area contributed by atoms with E-state index in [4.69, 9.17) is 9.47 Å². The fraction of sp³-hybridized carbons (Fsp3) is 0.704. The van der Waals surface area contributed by atoms with Gasteiger partial charge in [-0.05, 0) is 51.9 Å². The molecule has 0 heterocycles. The molecule has 192 valence electrons. The number of amides is 2. The Kier molecular flexibility index (Phi) is 11.7. The molecule has 1 saturated carbocycles. The van der Waals surface area contributed by atoms with Gasteiger partial charge >= 0.3 is 0 Å². The summed E-state index contributed by atoms with van der Waals surface area (Å²) >= 11 is 0. The van der Waals surface area contributed by atoms with Crippen LogP contribution in [0.1, 0.15) is 88.4 Å². The van der Waals surface area contributed by atoms with Crippen molar-refractivity contribution in [2.24, 2.45) is 0 Å². The van der Waals surface area contributed by atoms with Gasteiger partial charge in [0.2, 0.25) is 5.91 Å². The van der Waals surface area contributed by atoms with Crippen LogP contribution in [0.25, 0.3) is 0 Å². The van der Waals surface area contributed by atoms with Gasteiger partial charge in [-0.25, -0.2) is 0 Å². The lowest BCUT2D eigenvalue weighted by Crippen LogP contribution is -2.54. The van der Waals surface area contributed by atoms with E-state index in [1.807, 2.05) is 6.92 Å². The van der Waals surface area contributed by atoms with Crippen LogP contribution in [0.3, 0.4) is 0 Å². The summed E-state index contributed by atoms with van der Waals surface area (Å²) < 4.78 is 11.3. The number of hydrogen-bond acceptors (Lipinski definition) is 5. The minimum Gasteiger partial charge on any atom is -0.496 e. The molecule has 0 bridgehead atoms. The molecule has 34 heavy (non-hydrogen) atoms. The van der Waals surface area contributed by atoms with E-state index < -0.39 is 6.04 Å². The number of nitrogens with zero attached hydrogens (tertiary/aromatic N) is 1. The lowest BCUT2D eigenvalue weighted by molar-refractivity contribution is -0.123. The normalized spacial score (nSPS) is 15.7. The highest BCUT2D eigenvalue weighted by Gasteiger charge is 2.36. The largest absolute Gasteiger partial charge is 0.496 e. The molecular formula is C27H45N3O4. The zero-order chi connectivity index (χ0) is 25.0. The fourth-order valence-corrected chi connectivity index (χ4v) is 4.65. The number of likely N-dealkylation sites (N-methyl/N-ethyl adjacent to an activating group) is 1. The Morgan fingerprint density at radius 1 is 1.09 bits per heavy atom. The molecule has 0 saturated heterocycles. The predicted octanol–water partition coefficient (Wildman–Crippen LogP) is 4.54. The third-order valence-corrected chi connectivity index (χ3v) is 6.96. The van der Waals surface area contributed by atoms with Crippen molar-refractivity contribution in [1.82, 2.24) is 15.5 Å². The Morgan fingerprint density at radius 2 is 1.82 bits per heavy atom. The monoisotopic (exact) mass is 475 g/mol. The summed E-state index contributed by atoms with van der Waals surface area (Å²) in [5.74, 6) is 0.674. The Bertz CT molecular complexity index is 775. The first-order valence-corrected chi connectivity index (χ1v) is 12.9. The predicted molar refractivity (Wildman–Crippen MR) is 137 cm³/mol. The first-order chi connectivity index (χ1) is 16.4. The maximum absolute atomic E-state index is 13.1. The van der Waals surface area contributed by atoms with Gasteiger partial charge in [0.05, 0.1) is 19.3 Å². The van der Waals surface area contributed by atoms with Crippen molar-refractivity contribution < 1.29 is 19.1 Å². The van der Waals surface area contributed by atoms with Gasteiger partial charge in [-0.3, -0.25) is 9.59 Å². The topological polar surface area (TPSA) is 79.9 Å². The van der Waals surface area contributed by atoms with E-state index in [9.17, 15) is 9.59 Å². The van der Waals surface area contributed by atoms with E-state index in [1.54, 1.807) is 18.2 Å². The van der Waals surface area contributed by atoms with Gasteiger partial charge < -0.3 is 25.0 Å². The minimum atomic E-state index is -0.586. The number of nitrogens with one attached hydrogen (secondary N) is 2. The van der Waals surface area contributed by atoms with Crippen LogP contribution in [0.4, 0.5) is 0 Å². The summed E-state index contributed by atoms with van der Waals surface area (Å²) in [6.45, 7) is 5.43. The molecule has 0 unspecified atom stereocenters. The summed E-state index contributed by atoms with van der Waals surface area (Å²) in [6.07, 6.45) is 10.4. The SMILES string of the molecule is CCCCCCOc1ccc(C(=O)N[C@@H](CCC)C(=O)NCC2(N(C)C)CCCC2)c(OC)c1. The second-order valence-corrected chi connectivity index (χ2v) is 9.63. The first-order valence-electron chi connectivity index (χ1n) is 12.9. The highest BCUT2D eigenvalue weighted by molar-refractivity contribution is 5.99. The van der Waals surface area contributed by atoms with Crippen molar-refractivity contribution in [2.75, 3.05) is 34.4 Å². The molecule has 0 spiro atoms. The summed E-state index contributed by atoms with van der Waals surface area (Å²) in [5.41, 5.74) is 0.404. The van der Waals surface area contributed by atoms with Gasteiger partial charge in [0.15, 0.2) is 0 Å². The van der Waals surface area contributed by atoms with Crippen molar-refractivity contribution in [3.63, 3.8) is 0 Å². The Hall–Kier alpha value is -2.28. The Labute approximate surface area is 205 Å². The first kappa shape index (κ1) is 28.0. The number of hydrogen-bond donors (Lipinski definition) is 2. The maximum Gasteiger partial charge on any atom is 0.255 e. The summed E-state index contributed by atoms with van der Waals surface area (Å²) in [5, 5.41) is 6.04. The fourth-order valence-electron chi connectivity index (χ4n) is 4.65. The standard InChI is InChI=1S/C27H45N3O4/c1-6-8-9-12-18-34-21-14-15-22(24(19-21)33-5)25(31)29-23(13-7-2)26(32)28-20-27(30(3)4)16-10-11-17-27/h14-15,19,23H,6-13,16-18,20H2,1-5H3,(H,28,32)(H,29,31)/t23-/m0/s1. The van der Waals surface area contributed by atoms with E-state index in [2.05, 4.69) is 36.6 Å². The summed E-state index contributed by atoms with van der Waals surface area (Å²) in [6, 6.07) is 4.64. The Balaban J connectivity index is 2.00. The van der Waals surface area contributed by atoms with Crippen molar-refractivity contribution in [2.45, 2.75) is 89.6 Å². The number of carbonyl (C=O) groups is 2. The zero-order valence-corrected chi connectivity index (χ0v) is 21.9. The van der Waals surface area contributed by atoms with Crippen molar-refractivity contribution >= 4 is 11.8 Å². The number of unbranched alkanes of at least 4 members (excludes halogenated alkanes) is 3. The summed E-state index contributed by atoms with van der Waals surface area (Å²) in [4.78, 5) is 28.3. The molecule has 1 aromatic rings. The van der Waals surface area contributed by atoms with Crippen molar-refractivity contribution in [3.8, 4) is 11.5 Å². The summed E-state index contributed by atoms with van der Waals surface area (Å²) in [7, 11) is 5.69. The van der Waals surface area contributed by atoms with Gasteiger partial charge in [0.1, 0.15) is 17.5 Å². The average Bonchev–Trinajstić information content (AvgIpc) is 3.32. The van der Waals surface area contributed by atoms with Gasteiger partial charge in [0, 0.05) is 18.2 Å². The third-order valence-electron chi connectivity index (χ3n) is 6.96. The molecule has 0 aliphatic heterocycles. The quantitative estimate of drug-likeness (QED) is 0.364. The van der Waals surface area contributed by atoms with Crippen LogP contribution < -0.4 is 20.1 Å². The van der Waals surface area contributed by atoms with Gasteiger partial charge in [0.25, 0.3) is 5.91 Å². The smallest absolute Gasteiger partial charge is 0.255 e. The molecule has 1 aromatic carbocycles. The van der Waals surface area contributed by atoms with Crippen LogP contribution in [0, 0.1) is 0 Å².